The van der Waals surface area contributed by atoms with Crippen molar-refractivity contribution < 1.29 is 9.13 Å². The van der Waals surface area contributed by atoms with E-state index in [4.69, 9.17) is 10.5 Å². The van der Waals surface area contributed by atoms with E-state index in [0.717, 1.165) is 23.1 Å². The lowest BCUT2D eigenvalue weighted by molar-refractivity contribution is 0.0486. The van der Waals surface area contributed by atoms with Gasteiger partial charge in [0.1, 0.15) is 5.82 Å². The minimum Gasteiger partial charge on any atom is -0.372 e. The van der Waals surface area contributed by atoms with E-state index in [0.29, 0.717) is 13.2 Å². The predicted octanol–water partition coefficient (Wildman–Crippen LogP) is 3.07. The zero-order valence-electron chi connectivity index (χ0n) is 10.6. The molecule has 0 saturated carbocycles. The van der Waals surface area contributed by atoms with Crippen LogP contribution in [0, 0.1) is 5.82 Å². The van der Waals surface area contributed by atoms with Crippen molar-refractivity contribution in [3.63, 3.8) is 0 Å². The van der Waals surface area contributed by atoms with Crippen molar-refractivity contribution in [2.45, 2.75) is 12.5 Å². The van der Waals surface area contributed by atoms with Gasteiger partial charge < -0.3 is 10.5 Å². The highest BCUT2D eigenvalue weighted by molar-refractivity contribution is 5.69. The molecule has 98 valence electrons. The average molecular weight is 257 g/mol. The smallest absolute Gasteiger partial charge is 0.123 e. The number of nitrogens with two attached hydrogens (primary N) is 1. The van der Waals surface area contributed by atoms with Gasteiger partial charge in [0.2, 0.25) is 0 Å². The van der Waals surface area contributed by atoms with Gasteiger partial charge in [0.05, 0.1) is 12.7 Å². The topological polar surface area (TPSA) is 35.2 Å². The summed E-state index contributed by atoms with van der Waals surface area (Å²) < 4.78 is 18.7. The van der Waals surface area contributed by atoms with E-state index in [9.17, 15) is 4.39 Å². The number of halogens is 1. The van der Waals surface area contributed by atoms with Gasteiger partial charge in [0.15, 0.2) is 0 Å². The molecule has 1 heterocycles. The molecule has 1 atom stereocenters. The Hall–Kier alpha value is -1.71. The molecule has 0 aromatic heterocycles. The van der Waals surface area contributed by atoms with E-state index in [1.165, 1.54) is 17.7 Å². The van der Waals surface area contributed by atoms with Gasteiger partial charge in [-0.1, -0.05) is 30.3 Å². The third-order valence-corrected chi connectivity index (χ3v) is 3.60. The second-order valence-corrected chi connectivity index (χ2v) is 4.73. The van der Waals surface area contributed by atoms with Crippen LogP contribution in [0.1, 0.15) is 17.2 Å². The van der Waals surface area contributed by atoms with Crippen LogP contribution < -0.4 is 5.73 Å². The van der Waals surface area contributed by atoms with E-state index in [1.807, 2.05) is 18.2 Å². The zero-order valence-corrected chi connectivity index (χ0v) is 10.6. The van der Waals surface area contributed by atoms with Crippen molar-refractivity contribution in [1.29, 1.82) is 0 Å². The molecule has 0 spiro atoms. The summed E-state index contributed by atoms with van der Waals surface area (Å²) in [6.07, 6.45) is 0.850. The number of hydrogen-bond acceptors (Lipinski definition) is 2. The van der Waals surface area contributed by atoms with E-state index in [1.54, 1.807) is 0 Å². The maximum atomic E-state index is 13.0. The molecule has 2 nitrogen and oxygen atoms in total. The van der Waals surface area contributed by atoms with Gasteiger partial charge in [0, 0.05) is 6.54 Å². The van der Waals surface area contributed by atoms with Crippen molar-refractivity contribution >= 4 is 0 Å². The fourth-order valence-corrected chi connectivity index (χ4v) is 2.67. The molecule has 2 aromatic rings. The quantitative estimate of drug-likeness (QED) is 0.897. The first-order chi connectivity index (χ1) is 9.29. The number of ether oxygens (including phenoxy) is 1. The highest BCUT2D eigenvalue weighted by Gasteiger charge is 2.21. The maximum absolute atomic E-state index is 13.0. The van der Waals surface area contributed by atoms with Crippen LogP contribution in [0.5, 0.6) is 0 Å². The lowest BCUT2D eigenvalue weighted by atomic mass is 9.89. The number of benzene rings is 2. The molecule has 3 heteroatoms. The molecule has 1 aliphatic rings. The Kier molecular flexibility index (Phi) is 3.32. The van der Waals surface area contributed by atoms with Crippen LogP contribution in [0.4, 0.5) is 4.39 Å². The monoisotopic (exact) mass is 257 g/mol. The van der Waals surface area contributed by atoms with Crippen LogP contribution in [-0.4, -0.2) is 13.2 Å². The van der Waals surface area contributed by atoms with Crippen molar-refractivity contribution in [2.24, 2.45) is 5.73 Å². The highest BCUT2D eigenvalue weighted by atomic mass is 19.1. The summed E-state index contributed by atoms with van der Waals surface area (Å²) in [6.45, 7) is 1.17. The number of rotatable bonds is 2. The molecule has 0 bridgehead atoms. The molecule has 0 fully saturated rings. The molecule has 0 radical (unpaired) electrons. The maximum Gasteiger partial charge on any atom is 0.123 e. The van der Waals surface area contributed by atoms with Gasteiger partial charge in [0.25, 0.3) is 0 Å². The Balaban J connectivity index is 2.10. The molecular weight excluding hydrogens is 241 g/mol. The van der Waals surface area contributed by atoms with Crippen LogP contribution in [0.2, 0.25) is 0 Å². The largest absolute Gasteiger partial charge is 0.372 e. The summed E-state index contributed by atoms with van der Waals surface area (Å²) >= 11 is 0. The third-order valence-electron chi connectivity index (χ3n) is 3.60. The van der Waals surface area contributed by atoms with Crippen LogP contribution in [0.15, 0.2) is 42.5 Å². The van der Waals surface area contributed by atoms with Gasteiger partial charge in [-0.05, 0) is 40.8 Å². The molecule has 0 amide bonds. The Morgan fingerprint density at radius 1 is 1.16 bits per heavy atom. The molecule has 0 aliphatic carbocycles. The van der Waals surface area contributed by atoms with E-state index < -0.39 is 0 Å². The van der Waals surface area contributed by atoms with E-state index in [-0.39, 0.29) is 11.9 Å². The normalized spacial score (nSPS) is 18.1. The lowest BCUT2D eigenvalue weighted by Crippen LogP contribution is -2.23. The second kappa shape index (κ2) is 5.11. The summed E-state index contributed by atoms with van der Waals surface area (Å²) in [5.41, 5.74) is 10.4. The fraction of sp³-hybridized carbons (Fsp3) is 0.250. The van der Waals surface area contributed by atoms with Crippen molar-refractivity contribution in [1.82, 2.24) is 0 Å². The fourth-order valence-electron chi connectivity index (χ4n) is 2.67. The molecule has 1 aliphatic heterocycles. The van der Waals surface area contributed by atoms with Gasteiger partial charge in [-0.25, -0.2) is 4.39 Å². The highest BCUT2D eigenvalue weighted by Crippen LogP contribution is 2.34. The summed E-state index contributed by atoms with van der Waals surface area (Å²) in [5.74, 6) is -0.211. The van der Waals surface area contributed by atoms with Crippen molar-refractivity contribution in [2.75, 3.05) is 13.2 Å². The number of hydrogen-bond donors (Lipinski definition) is 1. The molecule has 2 aromatic carbocycles. The van der Waals surface area contributed by atoms with E-state index in [2.05, 4.69) is 12.1 Å². The lowest BCUT2D eigenvalue weighted by Gasteiger charge is -2.27. The minimum atomic E-state index is -0.211. The second-order valence-electron chi connectivity index (χ2n) is 4.73. The first kappa shape index (κ1) is 12.3. The first-order valence-electron chi connectivity index (χ1n) is 6.49. The molecular formula is C16H16FNO. The molecule has 3 rings (SSSR count). The summed E-state index contributed by atoms with van der Waals surface area (Å²) in [5, 5.41) is 0. The Morgan fingerprint density at radius 3 is 2.68 bits per heavy atom. The zero-order chi connectivity index (χ0) is 13.2. The third kappa shape index (κ3) is 2.27. The van der Waals surface area contributed by atoms with Gasteiger partial charge in [-0.3, -0.25) is 0 Å². The Morgan fingerprint density at radius 2 is 1.95 bits per heavy atom. The van der Waals surface area contributed by atoms with Gasteiger partial charge in [-0.15, -0.1) is 0 Å². The number of fused-ring (bicyclic) bond motifs is 1. The Bertz CT molecular complexity index is 580. The van der Waals surface area contributed by atoms with Gasteiger partial charge >= 0.3 is 0 Å². The van der Waals surface area contributed by atoms with Crippen LogP contribution in [0.25, 0.3) is 11.1 Å². The average Bonchev–Trinajstić information content (AvgIpc) is 2.47. The summed E-state index contributed by atoms with van der Waals surface area (Å²) in [4.78, 5) is 0. The molecule has 0 saturated heterocycles. The standard InChI is InChI=1S/C16H16FNO/c17-12-6-4-11(5-7-12)13-2-1-3-15-14(13)8-9-19-16(15)10-18/h1-7,16H,8-10,18H2/t16-/m0/s1. The van der Waals surface area contributed by atoms with E-state index >= 15 is 0 Å². The minimum absolute atomic E-state index is 0.0239. The first-order valence-corrected chi connectivity index (χ1v) is 6.49. The molecule has 0 unspecified atom stereocenters. The predicted molar refractivity (Wildman–Crippen MR) is 73.3 cm³/mol. The van der Waals surface area contributed by atoms with Crippen LogP contribution in [-0.2, 0) is 11.2 Å². The molecule has 19 heavy (non-hydrogen) atoms. The van der Waals surface area contributed by atoms with Crippen LogP contribution >= 0.6 is 0 Å². The summed E-state index contributed by atoms with van der Waals surface area (Å²) in [6, 6.07) is 12.8. The Labute approximate surface area is 112 Å². The summed E-state index contributed by atoms with van der Waals surface area (Å²) in [7, 11) is 0. The van der Waals surface area contributed by atoms with Crippen molar-refractivity contribution in [3.8, 4) is 11.1 Å². The van der Waals surface area contributed by atoms with Gasteiger partial charge in [-0.2, -0.15) is 0 Å². The van der Waals surface area contributed by atoms with Crippen molar-refractivity contribution in [3.05, 3.63) is 59.4 Å². The SMILES string of the molecule is NC[C@@H]1OCCc2c(-c3ccc(F)cc3)cccc21. The van der Waals surface area contributed by atoms with Crippen LogP contribution in [0.3, 0.4) is 0 Å². The molecule has 2 N–H and O–H groups in total.